The van der Waals surface area contributed by atoms with Crippen LogP contribution in [-0.4, -0.2) is 0 Å². The van der Waals surface area contributed by atoms with E-state index in [4.69, 9.17) is 5.73 Å². The minimum Gasteiger partial charge on any atom is -0.391 e. The van der Waals surface area contributed by atoms with Crippen LogP contribution in [-0.2, 0) is 0 Å². The fourth-order valence-electron chi connectivity index (χ4n) is 1.16. The van der Waals surface area contributed by atoms with E-state index in [1.807, 2.05) is 6.07 Å². The van der Waals surface area contributed by atoms with Gasteiger partial charge < -0.3 is 5.73 Å². The fraction of sp³-hybridized carbons (Fsp3) is 0.111. The van der Waals surface area contributed by atoms with Crippen LogP contribution in [0.2, 0.25) is 0 Å². The van der Waals surface area contributed by atoms with E-state index in [-0.39, 0.29) is 0 Å². The molecule has 0 fully saturated rings. The molecule has 2 heteroatoms. The van der Waals surface area contributed by atoms with E-state index in [9.17, 15) is 0 Å². The maximum atomic E-state index is 5.66. The van der Waals surface area contributed by atoms with E-state index in [0.29, 0.717) is 0 Å². The lowest BCUT2D eigenvalue weighted by Gasteiger charge is -1.89. The molecule has 0 atom stereocenters. The molecule has 0 spiro atoms. The van der Waals surface area contributed by atoms with Gasteiger partial charge in [-0.3, -0.25) is 0 Å². The molecular weight excluding hydrogens is 154 g/mol. The van der Waals surface area contributed by atoms with Crippen LogP contribution in [0.4, 0.5) is 5.00 Å². The van der Waals surface area contributed by atoms with Crippen molar-refractivity contribution in [2.75, 3.05) is 5.73 Å². The Morgan fingerprint density at radius 1 is 1.27 bits per heavy atom. The third kappa shape index (κ3) is 1.10. The molecule has 1 heterocycles. The molecule has 2 N–H and O–H groups in total. The lowest BCUT2D eigenvalue weighted by molar-refractivity contribution is 1.52. The van der Waals surface area contributed by atoms with Gasteiger partial charge in [0, 0.05) is 4.70 Å². The number of hydrogen-bond donors (Lipinski definition) is 1. The summed E-state index contributed by atoms with van der Waals surface area (Å²) in [5.41, 5.74) is 6.95. The summed E-state index contributed by atoms with van der Waals surface area (Å²) >= 11 is 1.64. The van der Waals surface area contributed by atoms with Gasteiger partial charge in [0.15, 0.2) is 0 Å². The largest absolute Gasteiger partial charge is 0.391 e. The highest BCUT2D eigenvalue weighted by Crippen LogP contribution is 2.27. The first-order chi connectivity index (χ1) is 5.25. The van der Waals surface area contributed by atoms with E-state index < -0.39 is 0 Å². The van der Waals surface area contributed by atoms with Crippen LogP contribution < -0.4 is 5.73 Å². The highest BCUT2D eigenvalue weighted by Gasteiger charge is 1.96. The summed E-state index contributed by atoms with van der Waals surface area (Å²) in [5, 5.41) is 2.14. The molecule has 11 heavy (non-hydrogen) atoms. The molecule has 0 saturated heterocycles. The maximum Gasteiger partial charge on any atom is 0.0868 e. The third-order valence-electron chi connectivity index (χ3n) is 1.69. The van der Waals surface area contributed by atoms with Crippen LogP contribution in [0, 0.1) is 6.92 Å². The van der Waals surface area contributed by atoms with Crippen molar-refractivity contribution >= 4 is 26.4 Å². The molecule has 0 bridgehead atoms. The summed E-state index contributed by atoms with van der Waals surface area (Å²) in [6.07, 6.45) is 0. The van der Waals surface area contributed by atoms with Crippen molar-refractivity contribution in [1.82, 2.24) is 0 Å². The molecular formula is C9H9NS. The summed E-state index contributed by atoms with van der Waals surface area (Å²) < 4.78 is 1.28. The second-order valence-corrected chi connectivity index (χ2v) is 3.81. The van der Waals surface area contributed by atoms with Crippen molar-refractivity contribution in [2.24, 2.45) is 0 Å². The minimum absolute atomic E-state index is 0.894. The van der Waals surface area contributed by atoms with Gasteiger partial charge in [-0.25, -0.2) is 0 Å². The Labute approximate surface area is 69.5 Å². The minimum atomic E-state index is 0.894. The van der Waals surface area contributed by atoms with Gasteiger partial charge in [-0.1, -0.05) is 12.1 Å². The smallest absolute Gasteiger partial charge is 0.0868 e. The van der Waals surface area contributed by atoms with Crippen LogP contribution in [0.25, 0.3) is 10.1 Å². The Bertz CT molecular complexity index is 389. The zero-order valence-corrected chi connectivity index (χ0v) is 7.11. The van der Waals surface area contributed by atoms with E-state index in [2.05, 4.69) is 25.1 Å². The quantitative estimate of drug-likeness (QED) is 0.635. The molecule has 1 aromatic heterocycles. The predicted molar refractivity (Wildman–Crippen MR) is 51.0 cm³/mol. The lowest BCUT2D eigenvalue weighted by Crippen LogP contribution is -1.72. The van der Waals surface area contributed by atoms with Crippen LogP contribution in [0.1, 0.15) is 5.56 Å². The number of nitrogens with two attached hydrogens (primary N) is 1. The number of rotatable bonds is 0. The summed E-state index contributed by atoms with van der Waals surface area (Å²) in [6.45, 7) is 2.09. The van der Waals surface area contributed by atoms with Crippen LogP contribution in [0.15, 0.2) is 24.3 Å². The number of anilines is 1. The van der Waals surface area contributed by atoms with Crippen LogP contribution in [0.5, 0.6) is 0 Å². The van der Waals surface area contributed by atoms with E-state index in [1.54, 1.807) is 11.3 Å². The van der Waals surface area contributed by atoms with Crippen molar-refractivity contribution in [2.45, 2.75) is 6.92 Å². The predicted octanol–water partition coefficient (Wildman–Crippen LogP) is 2.79. The van der Waals surface area contributed by atoms with Gasteiger partial charge in [0.05, 0.1) is 5.00 Å². The number of nitrogen functional groups attached to an aromatic ring is 1. The highest BCUT2D eigenvalue weighted by atomic mass is 32.1. The normalized spacial score (nSPS) is 10.6. The van der Waals surface area contributed by atoms with Gasteiger partial charge in [0.25, 0.3) is 0 Å². The monoisotopic (exact) mass is 163 g/mol. The third-order valence-corrected chi connectivity index (χ3v) is 2.62. The molecule has 0 unspecified atom stereocenters. The van der Waals surface area contributed by atoms with E-state index in [0.717, 1.165) is 5.00 Å². The van der Waals surface area contributed by atoms with Crippen molar-refractivity contribution in [3.63, 3.8) is 0 Å². The van der Waals surface area contributed by atoms with Crippen LogP contribution in [0.3, 0.4) is 0 Å². The average molecular weight is 163 g/mol. The number of benzene rings is 1. The van der Waals surface area contributed by atoms with Crippen LogP contribution >= 0.6 is 11.3 Å². The van der Waals surface area contributed by atoms with Gasteiger partial charge in [0.1, 0.15) is 0 Å². The molecule has 2 aromatic rings. The molecule has 0 aliphatic carbocycles. The standard InChI is InChI=1S/C9H9NS/c1-6-2-3-7-5-9(10)11-8(7)4-6/h2-5H,10H2,1H3. The molecule has 1 aromatic carbocycles. The van der Waals surface area contributed by atoms with E-state index >= 15 is 0 Å². The SMILES string of the molecule is Cc1ccc2cc(N)sc2c1. The number of thiophene rings is 1. The Kier molecular flexibility index (Phi) is 1.36. The van der Waals surface area contributed by atoms with Crippen molar-refractivity contribution in [1.29, 1.82) is 0 Å². The summed E-state index contributed by atoms with van der Waals surface area (Å²) in [5.74, 6) is 0. The summed E-state index contributed by atoms with van der Waals surface area (Å²) in [7, 11) is 0. The zero-order chi connectivity index (χ0) is 7.84. The Balaban J connectivity index is 2.82. The van der Waals surface area contributed by atoms with Gasteiger partial charge in [-0.2, -0.15) is 0 Å². The molecule has 0 aliphatic heterocycles. The topological polar surface area (TPSA) is 26.0 Å². The molecule has 0 saturated carbocycles. The van der Waals surface area contributed by atoms with Crippen molar-refractivity contribution in [3.8, 4) is 0 Å². The fourth-order valence-corrected chi connectivity index (χ4v) is 2.09. The molecule has 1 nitrogen and oxygen atoms in total. The molecule has 0 radical (unpaired) electrons. The Morgan fingerprint density at radius 2 is 2.09 bits per heavy atom. The van der Waals surface area contributed by atoms with Crippen molar-refractivity contribution in [3.05, 3.63) is 29.8 Å². The van der Waals surface area contributed by atoms with Gasteiger partial charge >= 0.3 is 0 Å². The van der Waals surface area contributed by atoms with Crippen molar-refractivity contribution < 1.29 is 0 Å². The first-order valence-electron chi connectivity index (χ1n) is 3.51. The van der Waals surface area contributed by atoms with Gasteiger partial charge in [-0.15, -0.1) is 11.3 Å². The van der Waals surface area contributed by atoms with E-state index in [1.165, 1.54) is 15.6 Å². The molecule has 0 aliphatic rings. The second-order valence-electron chi connectivity index (χ2n) is 2.69. The number of aryl methyl sites for hydroxylation is 1. The van der Waals surface area contributed by atoms with Gasteiger partial charge in [0.2, 0.25) is 0 Å². The second kappa shape index (κ2) is 2.24. The Morgan fingerprint density at radius 3 is 2.91 bits per heavy atom. The van der Waals surface area contributed by atoms with Gasteiger partial charge in [-0.05, 0) is 30.0 Å². The first-order valence-corrected chi connectivity index (χ1v) is 4.33. The number of hydrogen-bond acceptors (Lipinski definition) is 2. The average Bonchev–Trinajstić information content (AvgIpc) is 2.27. The summed E-state index contributed by atoms with van der Waals surface area (Å²) in [6, 6.07) is 8.39. The zero-order valence-electron chi connectivity index (χ0n) is 6.29. The molecule has 2 rings (SSSR count). The highest BCUT2D eigenvalue weighted by molar-refractivity contribution is 7.22. The lowest BCUT2D eigenvalue weighted by atomic mass is 10.2. The number of fused-ring (bicyclic) bond motifs is 1. The molecule has 56 valence electrons. The maximum absolute atomic E-state index is 5.66. The first kappa shape index (κ1) is 6.68. The Hall–Kier alpha value is -1.02. The summed E-state index contributed by atoms with van der Waals surface area (Å²) in [4.78, 5) is 0. The molecule has 0 amide bonds.